The lowest BCUT2D eigenvalue weighted by molar-refractivity contribution is 0.197. The van der Waals surface area contributed by atoms with Crippen LogP contribution in [0.1, 0.15) is 40.5 Å². The molecule has 3 unspecified atom stereocenters. The number of aliphatic hydroxyl groups is 1. The summed E-state index contributed by atoms with van der Waals surface area (Å²) in [6.45, 7) is 10.1. The predicted octanol–water partition coefficient (Wildman–Crippen LogP) is 2.03. The van der Waals surface area contributed by atoms with E-state index in [2.05, 4.69) is 33.0 Å². The van der Waals surface area contributed by atoms with Crippen molar-refractivity contribution in [3.8, 4) is 0 Å². The van der Waals surface area contributed by atoms with Crippen LogP contribution in [0.15, 0.2) is 0 Å². The van der Waals surface area contributed by atoms with E-state index < -0.39 is 0 Å². The lowest BCUT2D eigenvalue weighted by atomic mass is 9.99. The number of nitrogens with one attached hydrogen (secondary N) is 1. The lowest BCUT2D eigenvalue weighted by Gasteiger charge is -2.23. The zero-order chi connectivity index (χ0) is 10.3. The molecule has 13 heavy (non-hydrogen) atoms. The summed E-state index contributed by atoms with van der Waals surface area (Å²) in [4.78, 5) is 0. The van der Waals surface area contributed by atoms with Gasteiger partial charge in [-0.3, -0.25) is 0 Å². The Morgan fingerprint density at radius 2 is 1.77 bits per heavy atom. The quantitative estimate of drug-likeness (QED) is 0.639. The zero-order valence-corrected chi connectivity index (χ0v) is 9.51. The fourth-order valence-corrected chi connectivity index (χ4v) is 1.23. The molecule has 0 aliphatic carbocycles. The van der Waals surface area contributed by atoms with E-state index in [1.165, 1.54) is 6.42 Å². The molecule has 2 nitrogen and oxygen atoms in total. The van der Waals surface area contributed by atoms with Crippen molar-refractivity contribution in [2.75, 3.05) is 13.2 Å². The highest BCUT2D eigenvalue weighted by Gasteiger charge is 2.14. The molecule has 0 spiro atoms. The summed E-state index contributed by atoms with van der Waals surface area (Å²) in [5.41, 5.74) is 0. The van der Waals surface area contributed by atoms with E-state index in [0.29, 0.717) is 11.8 Å². The van der Waals surface area contributed by atoms with Crippen LogP contribution >= 0.6 is 0 Å². The lowest BCUT2D eigenvalue weighted by Crippen LogP contribution is -2.40. The molecule has 0 aromatic rings. The fraction of sp³-hybridized carbons (Fsp3) is 1.00. The van der Waals surface area contributed by atoms with Crippen molar-refractivity contribution in [1.82, 2.24) is 5.32 Å². The van der Waals surface area contributed by atoms with Crippen LogP contribution in [0.25, 0.3) is 0 Å². The number of aliphatic hydroxyl groups excluding tert-OH is 1. The number of rotatable bonds is 7. The normalized spacial score (nSPS) is 18.2. The van der Waals surface area contributed by atoms with Gasteiger partial charge in [0.2, 0.25) is 0 Å². The van der Waals surface area contributed by atoms with Crippen molar-refractivity contribution in [1.29, 1.82) is 0 Å². The highest BCUT2D eigenvalue weighted by molar-refractivity contribution is 4.72. The first-order valence-electron chi connectivity index (χ1n) is 5.49. The molecule has 0 saturated carbocycles. The van der Waals surface area contributed by atoms with Crippen molar-refractivity contribution in [2.24, 2.45) is 11.8 Å². The molecule has 0 aliphatic heterocycles. The van der Waals surface area contributed by atoms with Gasteiger partial charge in [0.1, 0.15) is 0 Å². The standard InChI is InChI=1S/C11H25NO/c1-5-9(3)7-12-11(8-13)10(4)6-2/h9-13H,5-8H2,1-4H3. The van der Waals surface area contributed by atoms with Crippen LogP contribution in [0.5, 0.6) is 0 Å². The van der Waals surface area contributed by atoms with Crippen LogP contribution < -0.4 is 5.32 Å². The van der Waals surface area contributed by atoms with Gasteiger partial charge in [-0.25, -0.2) is 0 Å². The molecule has 0 aliphatic rings. The van der Waals surface area contributed by atoms with Gasteiger partial charge in [0.25, 0.3) is 0 Å². The summed E-state index contributed by atoms with van der Waals surface area (Å²) in [7, 11) is 0. The summed E-state index contributed by atoms with van der Waals surface area (Å²) >= 11 is 0. The SMILES string of the molecule is CCC(C)CNC(CO)C(C)CC. The molecule has 0 radical (unpaired) electrons. The van der Waals surface area contributed by atoms with Gasteiger partial charge >= 0.3 is 0 Å². The summed E-state index contributed by atoms with van der Waals surface area (Å²) in [5, 5.41) is 12.6. The maximum Gasteiger partial charge on any atom is 0.0587 e. The molecular formula is C11H25NO. The van der Waals surface area contributed by atoms with Crippen LogP contribution in [-0.2, 0) is 0 Å². The molecule has 0 amide bonds. The van der Waals surface area contributed by atoms with Gasteiger partial charge in [-0.1, -0.05) is 40.5 Å². The van der Waals surface area contributed by atoms with Crippen molar-refractivity contribution in [3.63, 3.8) is 0 Å². The molecule has 80 valence electrons. The molecule has 0 rings (SSSR count). The van der Waals surface area contributed by atoms with Gasteiger partial charge in [0.05, 0.1) is 6.61 Å². The van der Waals surface area contributed by atoms with Crippen LogP contribution in [-0.4, -0.2) is 24.3 Å². The smallest absolute Gasteiger partial charge is 0.0587 e. The highest BCUT2D eigenvalue weighted by atomic mass is 16.3. The third kappa shape index (κ3) is 5.27. The van der Waals surface area contributed by atoms with Crippen molar-refractivity contribution >= 4 is 0 Å². The van der Waals surface area contributed by atoms with E-state index >= 15 is 0 Å². The van der Waals surface area contributed by atoms with E-state index in [1.807, 2.05) is 0 Å². The van der Waals surface area contributed by atoms with E-state index in [1.54, 1.807) is 0 Å². The second kappa shape index (κ2) is 7.34. The number of hydrogen-bond donors (Lipinski definition) is 2. The van der Waals surface area contributed by atoms with Crippen molar-refractivity contribution in [2.45, 2.75) is 46.6 Å². The largest absolute Gasteiger partial charge is 0.395 e. The molecule has 0 bridgehead atoms. The fourth-order valence-electron chi connectivity index (χ4n) is 1.23. The minimum Gasteiger partial charge on any atom is -0.395 e. The van der Waals surface area contributed by atoms with E-state index in [4.69, 9.17) is 5.11 Å². The van der Waals surface area contributed by atoms with Crippen molar-refractivity contribution < 1.29 is 5.11 Å². The van der Waals surface area contributed by atoms with E-state index in [9.17, 15) is 0 Å². The Morgan fingerprint density at radius 1 is 1.15 bits per heavy atom. The maximum absolute atomic E-state index is 9.15. The minimum atomic E-state index is 0.255. The van der Waals surface area contributed by atoms with Gasteiger partial charge in [-0.15, -0.1) is 0 Å². The molecule has 2 N–H and O–H groups in total. The zero-order valence-electron chi connectivity index (χ0n) is 9.51. The second-order valence-electron chi connectivity index (χ2n) is 4.10. The topological polar surface area (TPSA) is 32.3 Å². The van der Waals surface area contributed by atoms with Gasteiger partial charge in [0, 0.05) is 6.04 Å². The molecule has 0 heterocycles. The first-order chi connectivity index (χ1) is 6.15. The molecule has 0 aromatic heterocycles. The summed E-state index contributed by atoms with van der Waals surface area (Å²) in [5.74, 6) is 1.27. The molecule has 0 saturated heterocycles. The van der Waals surface area contributed by atoms with Crippen LogP contribution in [0.4, 0.5) is 0 Å². The Kier molecular flexibility index (Phi) is 7.29. The third-order valence-electron chi connectivity index (χ3n) is 2.95. The van der Waals surface area contributed by atoms with Gasteiger partial charge < -0.3 is 10.4 Å². The average Bonchev–Trinajstić information content (AvgIpc) is 2.17. The van der Waals surface area contributed by atoms with E-state index in [0.717, 1.165) is 13.0 Å². The monoisotopic (exact) mass is 187 g/mol. The minimum absolute atomic E-state index is 0.255. The second-order valence-corrected chi connectivity index (χ2v) is 4.10. The molecule has 2 heteroatoms. The summed E-state index contributed by atoms with van der Waals surface area (Å²) < 4.78 is 0. The molecule has 0 fully saturated rings. The van der Waals surface area contributed by atoms with Gasteiger partial charge in [-0.05, 0) is 18.4 Å². The predicted molar refractivity (Wildman–Crippen MR) is 57.8 cm³/mol. The number of hydrogen-bond acceptors (Lipinski definition) is 2. The first-order valence-corrected chi connectivity index (χ1v) is 5.49. The average molecular weight is 187 g/mol. The Morgan fingerprint density at radius 3 is 2.15 bits per heavy atom. The Labute approximate surface area is 82.7 Å². The molecule has 3 atom stereocenters. The Hall–Kier alpha value is -0.0800. The van der Waals surface area contributed by atoms with E-state index in [-0.39, 0.29) is 12.6 Å². The van der Waals surface area contributed by atoms with Crippen LogP contribution in [0.2, 0.25) is 0 Å². The summed E-state index contributed by atoms with van der Waals surface area (Å²) in [6, 6.07) is 0.277. The first kappa shape index (κ1) is 12.9. The van der Waals surface area contributed by atoms with Crippen LogP contribution in [0, 0.1) is 11.8 Å². The van der Waals surface area contributed by atoms with Gasteiger partial charge in [-0.2, -0.15) is 0 Å². The Bertz CT molecular complexity index is 117. The van der Waals surface area contributed by atoms with Crippen molar-refractivity contribution in [3.05, 3.63) is 0 Å². The third-order valence-corrected chi connectivity index (χ3v) is 2.95. The highest BCUT2D eigenvalue weighted by Crippen LogP contribution is 2.08. The van der Waals surface area contributed by atoms with Crippen LogP contribution in [0.3, 0.4) is 0 Å². The van der Waals surface area contributed by atoms with Gasteiger partial charge in [0.15, 0.2) is 0 Å². The molecule has 0 aromatic carbocycles. The molecular weight excluding hydrogens is 162 g/mol. The summed E-state index contributed by atoms with van der Waals surface area (Å²) in [6.07, 6.45) is 2.32. The Balaban J connectivity index is 3.71. The maximum atomic E-state index is 9.15.